The number of hydrogen-bond acceptors (Lipinski definition) is 2. The SMILES string of the molecule is O=C(c1cc2c(s1)CCC2)N1CCC(CCBr)C1. The van der Waals surface area contributed by atoms with E-state index in [0.29, 0.717) is 5.92 Å². The molecule has 2 nitrogen and oxygen atoms in total. The summed E-state index contributed by atoms with van der Waals surface area (Å²) < 4.78 is 0. The number of alkyl halides is 1. The Morgan fingerprint density at radius 3 is 3.17 bits per heavy atom. The van der Waals surface area contributed by atoms with E-state index in [1.54, 1.807) is 11.3 Å². The number of hydrogen-bond donors (Lipinski definition) is 0. The Bertz CT molecular complexity index is 435. The van der Waals surface area contributed by atoms with Gasteiger partial charge >= 0.3 is 0 Å². The number of amides is 1. The van der Waals surface area contributed by atoms with Crippen LogP contribution in [0.15, 0.2) is 6.07 Å². The van der Waals surface area contributed by atoms with Crippen LogP contribution < -0.4 is 0 Å². The van der Waals surface area contributed by atoms with Crippen LogP contribution in [-0.4, -0.2) is 29.2 Å². The van der Waals surface area contributed by atoms with Gasteiger partial charge in [-0.15, -0.1) is 11.3 Å². The molecule has 18 heavy (non-hydrogen) atoms. The molecule has 1 aliphatic heterocycles. The first-order valence-electron chi connectivity index (χ1n) is 6.74. The quantitative estimate of drug-likeness (QED) is 0.778. The summed E-state index contributed by atoms with van der Waals surface area (Å²) in [5.74, 6) is 0.964. The van der Waals surface area contributed by atoms with E-state index in [1.165, 1.54) is 42.5 Å². The van der Waals surface area contributed by atoms with E-state index in [9.17, 15) is 4.79 Å². The van der Waals surface area contributed by atoms with E-state index in [1.807, 2.05) is 4.90 Å². The van der Waals surface area contributed by atoms with Crippen molar-refractivity contribution in [2.45, 2.75) is 32.1 Å². The largest absolute Gasteiger partial charge is 0.338 e. The normalized spacial score (nSPS) is 22.5. The topological polar surface area (TPSA) is 20.3 Å². The summed E-state index contributed by atoms with van der Waals surface area (Å²) in [6.45, 7) is 1.89. The summed E-state index contributed by atoms with van der Waals surface area (Å²) in [4.78, 5) is 16.9. The molecule has 0 bridgehead atoms. The van der Waals surface area contributed by atoms with Gasteiger partial charge in [0.05, 0.1) is 4.88 Å². The first kappa shape index (κ1) is 12.7. The second-order valence-electron chi connectivity index (χ2n) is 5.30. The van der Waals surface area contributed by atoms with Crippen LogP contribution in [0.2, 0.25) is 0 Å². The maximum atomic E-state index is 12.4. The average Bonchev–Trinajstić information content (AvgIpc) is 3.02. The summed E-state index contributed by atoms with van der Waals surface area (Å²) >= 11 is 5.22. The van der Waals surface area contributed by atoms with Gasteiger partial charge in [-0.25, -0.2) is 0 Å². The molecular formula is C14H18BrNOS. The zero-order valence-corrected chi connectivity index (χ0v) is 12.9. The lowest BCUT2D eigenvalue weighted by Crippen LogP contribution is -2.28. The standard InChI is InChI=1S/C14H18BrNOS/c15-6-4-10-5-7-16(9-10)14(17)13-8-11-2-1-3-12(11)18-13/h8,10H,1-7,9H2. The van der Waals surface area contributed by atoms with Crippen molar-refractivity contribution in [1.29, 1.82) is 0 Å². The lowest BCUT2D eigenvalue weighted by Gasteiger charge is -2.15. The molecular weight excluding hydrogens is 310 g/mol. The summed E-state index contributed by atoms with van der Waals surface area (Å²) in [5.41, 5.74) is 1.43. The molecule has 0 saturated carbocycles. The van der Waals surface area contributed by atoms with Crippen molar-refractivity contribution in [3.63, 3.8) is 0 Å². The van der Waals surface area contributed by atoms with Crippen molar-refractivity contribution >= 4 is 33.2 Å². The van der Waals surface area contributed by atoms with Gasteiger partial charge in [0, 0.05) is 23.3 Å². The molecule has 98 valence electrons. The summed E-state index contributed by atoms with van der Waals surface area (Å²) in [6.07, 6.45) is 5.98. The third-order valence-corrected chi connectivity index (χ3v) is 5.73. The molecule has 0 aromatic carbocycles. The Hall–Kier alpha value is -0.350. The van der Waals surface area contributed by atoms with E-state index in [4.69, 9.17) is 0 Å². The van der Waals surface area contributed by atoms with Crippen molar-refractivity contribution in [2.24, 2.45) is 5.92 Å². The van der Waals surface area contributed by atoms with Crippen LogP contribution in [0.25, 0.3) is 0 Å². The molecule has 4 heteroatoms. The predicted octanol–water partition coefficient (Wildman–Crippen LogP) is 3.48. The number of rotatable bonds is 3. The molecule has 0 N–H and O–H groups in total. The Balaban J connectivity index is 1.67. The fraction of sp³-hybridized carbons (Fsp3) is 0.643. The van der Waals surface area contributed by atoms with Gasteiger partial charge in [0.15, 0.2) is 0 Å². The number of halogens is 1. The Morgan fingerprint density at radius 2 is 2.39 bits per heavy atom. The lowest BCUT2D eigenvalue weighted by molar-refractivity contribution is 0.0791. The van der Waals surface area contributed by atoms with E-state index >= 15 is 0 Å². The fourth-order valence-electron chi connectivity index (χ4n) is 3.00. The monoisotopic (exact) mass is 327 g/mol. The fourth-order valence-corrected chi connectivity index (χ4v) is 4.87. The smallest absolute Gasteiger partial charge is 0.263 e. The molecule has 2 aliphatic rings. The van der Waals surface area contributed by atoms with Crippen LogP contribution in [0.4, 0.5) is 0 Å². The molecule has 2 heterocycles. The van der Waals surface area contributed by atoms with Crippen LogP contribution in [0, 0.1) is 5.92 Å². The number of nitrogens with zero attached hydrogens (tertiary/aromatic N) is 1. The van der Waals surface area contributed by atoms with Gasteiger partial charge in [0.25, 0.3) is 5.91 Å². The number of thiophene rings is 1. The summed E-state index contributed by atoms with van der Waals surface area (Å²) in [6, 6.07) is 2.15. The molecule has 1 aromatic rings. The molecule has 1 fully saturated rings. The number of carbonyl (C=O) groups excluding carboxylic acids is 1. The lowest BCUT2D eigenvalue weighted by atomic mass is 10.1. The third-order valence-electron chi connectivity index (χ3n) is 4.05. The van der Waals surface area contributed by atoms with Crippen molar-refractivity contribution in [1.82, 2.24) is 4.90 Å². The molecule has 1 atom stereocenters. The Kier molecular flexibility index (Phi) is 3.76. The van der Waals surface area contributed by atoms with Crippen LogP contribution >= 0.6 is 27.3 Å². The van der Waals surface area contributed by atoms with Crippen LogP contribution in [0.1, 0.15) is 39.4 Å². The van der Waals surface area contributed by atoms with Gasteiger partial charge in [0.1, 0.15) is 0 Å². The van der Waals surface area contributed by atoms with Crippen molar-refractivity contribution in [2.75, 3.05) is 18.4 Å². The Morgan fingerprint density at radius 1 is 1.50 bits per heavy atom. The van der Waals surface area contributed by atoms with E-state index in [2.05, 4.69) is 22.0 Å². The van der Waals surface area contributed by atoms with Gasteiger partial charge in [-0.1, -0.05) is 15.9 Å². The predicted molar refractivity (Wildman–Crippen MR) is 78.8 cm³/mol. The first-order chi connectivity index (χ1) is 8.78. The minimum absolute atomic E-state index is 0.270. The van der Waals surface area contributed by atoms with Crippen LogP contribution in [0.5, 0.6) is 0 Å². The molecule has 0 radical (unpaired) electrons. The van der Waals surface area contributed by atoms with Gasteiger partial charge in [0.2, 0.25) is 0 Å². The van der Waals surface area contributed by atoms with E-state index in [0.717, 1.165) is 23.3 Å². The number of likely N-dealkylation sites (tertiary alicyclic amines) is 1. The first-order valence-corrected chi connectivity index (χ1v) is 8.68. The third kappa shape index (κ3) is 2.37. The van der Waals surface area contributed by atoms with Gasteiger partial charge < -0.3 is 4.90 Å². The van der Waals surface area contributed by atoms with Gasteiger partial charge in [-0.05, 0) is 49.7 Å². The second-order valence-corrected chi connectivity index (χ2v) is 7.23. The number of carbonyl (C=O) groups is 1. The second kappa shape index (κ2) is 5.33. The highest BCUT2D eigenvalue weighted by atomic mass is 79.9. The van der Waals surface area contributed by atoms with Crippen LogP contribution in [0.3, 0.4) is 0 Å². The molecule has 3 rings (SSSR count). The minimum atomic E-state index is 0.270. The Labute approximate surface area is 120 Å². The summed E-state index contributed by atoms with van der Waals surface area (Å²) in [5, 5.41) is 1.05. The summed E-state index contributed by atoms with van der Waals surface area (Å²) in [7, 11) is 0. The van der Waals surface area contributed by atoms with Gasteiger partial charge in [-0.3, -0.25) is 4.79 Å². The van der Waals surface area contributed by atoms with Crippen molar-refractivity contribution in [3.05, 3.63) is 21.4 Å². The maximum Gasteiger partial charge on any atom is 0.263 e. The minimum Gasteiger partial charge on any atom is -0.338 e. The highest BCUT2D eigenvalue weighted by molar-refractivity contribution is 9.09. The molecule has 1 aliphatic carbocycles. The molecule has 1 amide bonds. The van der Waals surface area contributed by atoms with Crippen LogP contribution in [-0.2, 0) is 12.8 Å². The van der Waals surface area contributed by atoms with Gasteiger partial charge in [-0.2, -0.15) is 0 Å². The molecule has 1 unspecified atom stereocenters. The molecule has 0 spiro atoms. The van der Waals surface area contributed by atoms with E-state index < -0.39 is 0 Å². The maximum absolute atomic E-state index is 12.4. The highest BCUT2D eigenvalue weighted by Crippen LogP contribution is 2.32. The zero-order chi connectivity index (χ0) is 12.5. The average molecular weight is 328 g/mol. The van der Waals surface area contributed by atoms with Crippen molar-refractivity contribution in [3.8, 4) is 0 Å². The van der Waals surface area contributed by atoms with Crippen molar-refractivity contribution < 1.29 is 4.79 Å². The number of aryl methyl sites for hydroxylation is 2. The van der Waals surface area contributed by atoms with E-state index in [-0.39, 0.29) is 5.91 Å². The zero-order valence-electron chi connectivity index (χ0n) is 10.5. The molecule has 1 aromatic heterocycles. The number of fused-ring (bicyclic) bond motifs is 1. The highest BCUT2D eigenvalue weighted by Gasteiger charge is 2.28. The molecule has 1 saturated heterocycles.